The van der Waals surface area contributed by atoms with Gasteiger partial charge in [0.1, 0.15) is 24.2 Å². The molecule has 2 rings (SSSR count). The highest BCUT2D eigenvalue weighted by atomic mass is 16.6. The van der Waals surface area contributed by atoms with Gasteiger partial charge >= 0.3 is 12.1 Å². The van der Waals surface area contributed by atoms with Gasteiger partial charge in [-0.25, -0.2) is 9.59 Å². The van der Waals surface area contributed by atoms with E-state index in [9.17, 15) is 9.59 Å². The Morgan fingerprint density at radius 3 is 2.22 bits per heavy atom. The van der Waals surface area contributed by atoms with E-state index in [1.165, 1.54) is 6.08 Å². The standard InChI is InChI=1S/C28H35NO7/c1-6-34-26(31)18-19(2)17-20(3)21(4)27(22-7-11-25(12-8-22)35-16-15-30)36-28(32)29-23-9-13-24(33-5)14-10-23/h7-14,17-18,21,27,30H,6,15-16H2,1-5H3,(H,29,32)/b19-18+,20-17+/t21-,27-/m1/s1. The van der Waals surface area contributed by atoms with Gasteiger partial charge in [-0.15, -0.1) is 0 Å². The number of carbonyl (C=O) groups excluding carboxylic acids is 2. The summed E-state index contributed by atoms with van der Waals surface area (Å²) in [6.07, 6.45) is 2.07. The minimum absolute atomic E-state index is 0.0846. The number of amides is 1. The normalized spacial score (nSPS) is 13.4. The zero-order chi connectivity index (χ0) is 26.5. The van der Waals surface area contributed by atoms with E-state index in [4.69, 9.17) is 24.1 Å². The quantitative estimate of drug-likeness (QED) is 0.228. The summed E-state index contributed by atoms with van der Waals surface area (Å²) in [5, 5.41) is 11.7. The van der Waals surface area contributed by atoms with Crippen LogP contribution in [-0.4, -0.2) is 44.1 Å². The first-order valence-corrected chi connectivity index (χ1v) is 11.8. The zero-order valence-electron chi connectivity index (χ0n) is 21.4. The van der Waals surface area contributed by atoms with Gasteiger partial charge in [0.15, 0.2) is 0 Å². The molecule has 0 aliphatic rings. The highest BCUT2D eigenvalue weighted by Gasteiger charge is 2.25. The molecule has 0 aliphatic heterocycles. The summed E-state index contributed by atoms with van der Waals surface area (Å²) in [5.74, 6) is 0.650. The van der Waals surface area contributed by atoms with Crippen molar-refractivity contribution >= 4 is 17.7 Å². The van der Waals surface area contributed by atoms with Crippen molar-refractivity contribution in [3.63, 3.8) is 0 Å². The fourth-order valence-electron chi connectivity index (χ4n) is 3.45. The van der Waals surface area contributed by atoms with E-state index in [2.05, 4.69) is 5.32 Å². The summed E-state index contributed by atoms with van der Waals surface area (Å²) in [6, 6.07) is 14.1. The Morgan fingerprint density at radius 2 is 1.64 bits per heavy atom. The highest BCUT2D eigenvalue weighted by Crippen LogP contribution is 2.33. The van der Waals surface area contributed by atoms with Crippen LogP contribution >= 0.6 is 0 Å². The Morgan fingerprint density at radius 1 is 1.00 bits per heavy atom. The number of methoxy groups -OCH3 is 1. The Hall–Kier alpha value is -3.78. The van der Waals surface area contributed by atoms with E-state index in [1.807, 2.05) is 39.0 Å². The minimum atomic E-state index is -0.623. The van der Waals surface area contributed by atoms with Crippen molar-refractivity contribution in [2.45, 2.75) is 33.8 Å². The Balaban J connectivity index is 2.26. The van der Waals surface area contributed by atoms with Crippen molar-refractivity contribution < 1.29 is 33.6 Å². The van der Waals surface area contributed by atoms with Gasteiger partial charge in [-0.3, -0.25) is 5.32 Å². The lowest BCUT2D eigenvalue weighted by atomic mass is 9.90. The van der Waals surface area contributed by atoms with E-state index in [0.29, 0.717) is 23.8 Å². The zero-order valence-corrected chi connectivity index (χ0v) is 21.4. The number of allylic oxidation sites excluding steroid dienone is 2. The summed E-state index contributed by atoms with van der Waals surface area (Å²) < 4.78 is 21.5. The third-order valence-corrected chi connectivity index (χ3v) is 5.40. The first-order valence-electron chi connectivity index (χ1n) is 11.8. The second kappa shape index (κ2) is 14.6. The van der Waals surface area contributed by atoms with Crippen LogP contribution in [0.5, 0.6) is 11.5 Å². The molecule has 0 saturated heterocycles. The summed E-state index contributed by atoms with van der Waals surface area (Å²) in [6.45, 7) is 7.84. The maximum absolute atomic E-state index is 12.8. The van der Waals surface area contributed by atoms with Crippen molar-refractivity contribution in [2.24, 2.45) is 5.92 Å². The van der Waals surface area contributed by atoms with Crippen molar-refractivity contribution in [2.75, 3.05) is 32.2 Å². The SMILES string of the molecule is CCOC(=O)/C=C(C)/C=C(\C)[C@@H](C)[C@@H](OC(=O)Nc1ccc(OC)cc1)c1ccc(OCCO)cc1. The molecule has 0 saturated carbocycles. The molecule has 1 amide bonds. The van der Waals surface area contributed by atoms with Crippen LogP contribution in [0, 0.1) is 5.92 Å². The van der Waals surface area contributed by atoms with Crippen molar-refractivity contribution in [3.8, 4) is 11.5 Å². The first kappa shape index (κ1) is 28.5. The van der Waals surface area contributed by atoms with Gasteiger partial charge in [-0.05, 0) is 68.3 Å². The lowest BCUT2D eigenvalue weighted by Crippen LogP contribution is -2.22. The molecule has 0 spiro atoms. The fourth-order valence-corrected chi connectivity index (χ4v) is 3.45. The molecule has 8 heteroatoms. The molecule has 2 aromatic carbocycles. The van der Waals surface area contributed by atoms with Gasteiger partial charge in [0, 0.05) is 17.7 Å². The van der Waals surface area contributed by atoms with Crippen LogP contribution in [0.15, 0.2) is 71.8 Å². The van der Waals surface area contributed by atoms with E-state index >= 15 is 0 Å². The smallest absolute Gasteiger partial charge is 0.412 e. The van der Waals surface area contributed by atoms with Crippen LogP contribution in [0.1, 0.15) is 39.4 Å². The molecule has 2 aromatic rings. The van der Waals surface area contributed by atoms with E-state index in [1.54, 1.807) is 50.4 Å². The Bertz CT molecular complexity index is 1040. The van der Waals surface area contributed by atoms with Gasteiger partial charge in [-0.1, -0.05) is 30.7 Å². The van der Waals surface area contributed by atoms with Crippen LogP contribution in [0.2, 0.25) is 0 Å². The molecular weight excluding hydrogens is 462 g/mol. The molecular formula is C28H35NO7. The van der Waals surface area contributed by atoms with Crippen molar-refractivity contribution in [1.29, 1.82) is 0 Å². The average molecular weight is 498 g/mol. The minimum Gasteiger partial charge on any atom is -0.497 e. The summed E-state index contributed by atoms with van der Waals surface area (Å²) >= 11 is 0. The van der Waals surface area contributed by atoms with Crippen LogP contribution in [0.4, 0.5) is 10.5 Å². The number of nitrogens with one attached hydrogen (secondary N) is 1. The number of esters is 1. The van der Waals surface area contributed by atoms with Crippen LogP contribution in [-0.2, 0) is 14.3 Å². The molecule has 0 aliphatic carbocycles. The summed E-state index contributed by atoms with van der Waals surface area (Å²) in [4.78, 5) is 24.6. The Kier molecular flexibility index (Phi) is 11.5. The molecule has 2 N–H and O–H groups in total. The molecule has 36 heavy (non-hydrogen) atoms. The van der Waals surface area contributed by atoms with Gasteiger partial charge < -0.3 is 24.1 Å². The third kappa shape index (κ3) is 9.11. The lowest BCUT2D eigenvalue weighted by Gasteiger charge is -2.26. The molecule has 0 fully saturated rings. The van der Waals surface area contributed by atoms with E-state index in [0.717, 1.165) is 16.7 Å². The first-order chi connectivity index (χ1) is 17.3. The van der Waals surface area contributed by atoms with Crippen LogP contribution in [0.25, 0.3) is 0 Å². The maximum atomic E-state index is 12.8. The van der Waals surface area contributed by atoms with Crippen LogP contribution in [0.3, 0.4) is 0 Å². The van der Waals surface area contributed by atoms with Gasteiger partial charge in [0.25, 0.3) is 0 Å². The fraction of sp³-hybridized carbons (Fsp3) is 0.357. The number of aliphatic hydroxyl groups is 1. The number of anilines is 1. The Labute approximate surface area is 212 Å². The molecule has 194 valence electrons. The number of carbonyl (C=O) groups is 2. The molecule has 0 aromatic heterocycles. The molecule has 0 bridgehead atoms. The third-order valence-electron chi connectivity index (χ3n) is 5.40. The highest BCUT2D eigenvalue weighted by molar-refractivity contribution is 5.85. The number of benzene rings is 2. The molecule has 8 nitrogen and oxygen atoms in total. The van der Waals surface area contributed by atoms with Gasteiger partial charge in [0.2, 0.25) is 0 Å². The monoisotopic (exact) mass is 497 g/mol. The molecule has 0 radical (unpaired) electrons. The van der Waals surface area contributed by atoms with E-state index in [-0.39, 0.29) is 19.1 Å². The van der Waals surface area contributed by atoms with Crippen molar-refractivity contribution in [3.05, 3.63) is 77.4 Å². The van der Waals surface area contributed by atoms with Gasteiger partial charge in [-0.2, -0.15) is 0 Å². The second-order valence-electron chi connectivity index (χ2n) is 8.14. The number of hydrogen-bond donors (Lipinski definition) is 2. The number of aliphatic hydroxyl groups excluding tert-OH is 1. The number of hydrogen-bond acceptors (Lipinski definition) is 7. The summed E-state index contributed by atoms with van der Waals surface area (Å²) in [5.41, 5.74) is 2.98. The van der Waals surface area contributed by atoms with Crippen molar-refractivity contribution in [1.82, 2.24) is 0 Å². The largest absolute Gasteiger partial charge is 0.497 e. The lowest BCUT2D eigenvalue weighted by molar-refractivity contribution is -0.137. The predicted octanol–water partition coefficient (Wildman–Crippen LogP) is 5.45. The maximum Gasteiger partial charge on any atom is 0.412 e. The topological polar surface area (TPSA) is 103 Å². The number of rotatable bonds is 12. The van der Waals surface area contributed by atoms with Gasteiger partial charge in [0.05, 0.1) is 20.3 Å². The van der Waals surface area contributed by atoms with E-state index < -0.39 is 18.2 Å². The second-order valence-corrected chi connectivity index (χ2v) is 8.14. The average Bonchev–Trinajstić information content (AvgIpc) is 2.86. The summed E-state index contributed by atoms with van der Waals surface area (Å²) in [7, 11) is 1.57. The molecule has 0 unspecified atom stereocenters. The molecule has 2 atom stereocenters. The number of ether oxygens (including phenoxy) is 4. The predicted molar refractivity (Wildman–Crippen MR) is 138 cm³/mol. The van der Waals surface area contributed by atoms with Crippen LogP contribution < -0.4 is 14.8 Å². The molecule has 0 heterocycles.